The first-order chi connectivity index (χ1) is 3.63. The molecule has 1 aliphatic rings. The van der Waals surface area contributed by atoms with Crippen LogP contribution in [0.15, 0.2) is 4.99 Å². The van der Waals surface area contributed by atoms with Crippen LogP contribution in [0.4, 0.5) is 0 Å². The van der Waals surface area contributed by atoms with Crippen molar-refractivity contribution in [3.8, 4) is 0 Å². The highest BCUT2D eigenvalue weighted by Gasteiger charge is 2.23. The Morgan fingerprint density at radius 2 is 2.25 bits per heavy atom. The molecule has 8 heavy (non-hydrogen) atoms. The Hall–Kier alpha value is -0.370. The van der Waals surface area contributed by atoms with Gasteiger partial charge in [-0.05, 0) is 20.8 Å². The van der Waals surface area contributed by atoms with Crippen molar-refractivity contribution >= 4 is 5.71 Å². The zero-order chi connectivity index (χ0) is 6.20. The third-order valence-electron chi connectivity index (χ3n) is 1.74. The summed E-state index contributed by atoms with van der Waals surface area (Å²) >= 11 is 0. The van der Waals surface area contributed by atoms with Gasteiger partial charge in [0, 0.05) is 5.71 Å². The predicted molar refractivity (Wildman–Crippen MR) is 35.2 cm³/mol. The van der Waals surface area contributed by atoms with E-state index in [4.69, 9.17) is 0 Å². The molecular formula is C6H12N2. The van der Waals surface area contributed by atoms with Crippen molar-refractivity contribution in [2.75, 3.05) is 6.67 Å². The molecule has 2 nitrogen and oxygen atoms in total. The molecule has 1 heterocycles. The molecule has 1 rings (SSSR count). The fourth-order valence-corrected chi connectivity index (χ4v) is 0.681. The lowest BCUT2D eigenvalue weighted by atomic mass is 10.0. The molecule has 0 aromatic carbocycles. The lowest BCUT2D eigenvalue weighted by Gasteiger charge is -2.17. The number of nitrogens with zero attached hydrogens (tertiary/aromatic N) is 1. The van der Waals surface area contributed by atoms with E-state index < -0.39 is 0 Å². The van der Waals surface area contributed by atoms with E-state index in [9.17, 15) is 0 Å². The van der Waals surface area contributed by atoms with Crippen molar-refractivity contribution in [1.82, 2.24) is 5.32 Å². The Morgan fingerprint density at radius 1 is 1.62 bits per heavy atom. The summed E-state index contributed by atoms with van der Waals surface area (Å²) in [4.78, 5) is 4.19. The van der Waals surface area contributed by atoms with Crippen LogP contribution in [0.3, 0.4) is 0 Å². The third-order valence-corrected chi connectivity index (χ3v) is 1.74. The fraction of sp³-hybridized carbons (Fsp3) is 0.833. The maximum atomic E-state index is 4.19. The second kappa shape index (κ2) is 1.55. The molecule has 0 radical (unpaired) electrons. The van der Waals surface area contributed by atoms with Crippen LogP contribution in [0.25, 0.3) is 0 Å². The molecule has 0 spiro atoms. The van der Waals surface area contributed by atoms with Crippen molar-refractivity contribution < 1.29 is 0 Å². The molecule has 0 aromatic heterocycles. The smallest absolute Gasteiger partial charge is 0.0891 e. The molecule has 2 heteroatoms. The van der Waals surface area contributed by atoms with Crippen LogP contribution < -0.4 is 5.32 Å². The number of nitrogens with one attached hydrogen (secondary N) is 1. The van der Waals surface area contributed by atoms with Gasteiger partial charge in [-0.3, -0.25) is 10.3 Å². The van der Waals surface area contributed by atoms with Gasteiger partial charge >= 0.3 is 0 Å². The minimum atomic E-state index is 0.153. The Kier molecular flexibility index (Phi) is 1.12. The van der Waals surface area contributed by atoms with Crippen molar-refractivity contribution in [1.29, 1.82) is 0 Å². The summed E-state index contributed by atoms with van der Waals surface area (Å²) in [6.07, 6.45) is 0. The van der Waals surface area contributed by atoms with Crippen LogP contribution in [0.2, 0.25) is 0 Å². The van der Waals surface area contributed by atoms with Gasteiger partial charge in [-0.1, -0.05) is 0 Å². The largest absolute Gasteiger partial charge is 0.288 e. The summed E-state index contributed by atoms with van der Waals surface area (Å²) in [6, 6.07) is 0. The van der Waals surface area contributed by atoms with Crippen molar-refractivity contribution in [3.63, 3.8) is 0 Å². The first-order valence-corrected chi connectivity index (χ1v) is 2.89. The van der Waals surface area contributed by atoms with Gasteiger partial charge in [-0.2, -0.15) is 0 Å². The molecule has 0 atom stereocenters. The van der Waals surface area contributed by atoms with E-state index in [-0.39, 0.29) is 5.54 Å². The second-order valence-electron chi connectivity index (χ2n) is 2.70. The predicted octanol–water partition coefficient (Wildman–Crippen LogP) is 0.787. The minimum Gasteiger partial charge on any atom is -0.288 e. The van der Waals surface area contributed by atoms with Crippen molar-refractivity contribution in [2.45, 2.75) is 26.3 Å². The summed E-state index contributed by atoms with van der Waals surface area (Å²) in [7, 11) is 0. The highest BCUT2D eigenvalue weighted by atomic mass is 15.1. The van der Waals surface area contributed by atoms with Gasteiger partial charge in [0.1, 0.15) is 0 Å². The standard InChI is InChI=1S/C6H12N2/c1-5-6(2,3)8-4-7-5/h8H,4H2,1-3H3. The molecular weight excluding hydrogens is 100 g/mol. The Balaban J connectivity index is 2.73. The molecule has 0 unspecified atom stereocenters. The van der Waals surface area contributed by atoms with E-state index >= 15 is 0 Å². The van der Waals surface area contributed by atoms with Gasteiger partial charge in [0.05, 0.1) is 12.2 Å². The quantitative estimate of drug-likeness (QED) is 0.492. The number of hydrogen-bond donors (Lipinski definition) is 1. The van der Waals surface area contributed by atoms with Crippen LogP contribution >= 0.6 is 0 Å². The first-order valence-electron chi connectivity index (χ1n) is 2.89. The second-order valence-corrected chi connectivity index (χ2v) is 2.70. The lowest BCUT2D eigenvalue weighted by Crippen LogP contribution is -2.39. The van der Waals surface area contributed by atoms with Gasteiger partial charge in [0.15, 0.2) is 0 Å². The average Bonchev–Trinajstić information content (AvgIpc) is 1.86. The zero-order valence-electron chi connectivity index (χ0n) is 5.65. The SMILES string of the molecule is CC1=NCNC1(C)C. The Morgan fingerprint density at radius 3 is 2.38 bits per heavy atom. The van der Waals surface area contributed by atoms with Crippen LogP contribution in [-0.4, -0.2) is 17.9 Å². The van der Waals surface area contributed by atoms with E-state index in [0.717, 1.165) is 6.67 Å². The maximum absolute atomic E-state index is 4.19. The molecule has 0 saturated heterocycles. The number of hydrogen-bond acceptors (Lipinski definition) is 2. The van der Waals surface area contributed by atoms with Crippen LogP contribution in [0.5, 0.6) is 0 Å². The molecule has 0 amide bonds. The molecule has 0 aromatic rings. The monoisotopic (exact) mass is 112 g/mol. The Labute approximate surface area is 50.0 Å². The summed E-state index contributed by atoms with van der Waals surface area (Å²) in [5.74, 6) is 0. The lowest BCUT2D eigenvalue weighted by molar-refractivity contribution is 0.555. The molecule has 0 fully saturated rings. The van der Waals surface area contributed by atoms with E-state index in [1.807, 2.05) is 0 Å². The molecule has 1 N–H and O–H groups in total. The van der Waals surface area contributed by atoms with Crippen LogP contribution in [0.1, 0.15) is 20.8 Å². The highest BCUT2D eigenvalue weighted by Crippen LogP contribution is 2.09. The Bertz CT molecular complexity index is 124. The van der Waals surface area contributed by atoms with Crippen LogP contribution in [0, 0.1) is 0 Å². The maximum Gasteiger partial charge on any atom is 0.0891 e. The number of aliphatic imine (C=N–C) groups is 1. The van der Waals surface area contributed by atoms with E-state index in [2.05, 4.69) is 31.1 Å². The van der Waals surface area contributed by atoms with Crippen LogP contribution in [-0.2, 0) is 0 Å². The fourth-order valence-electron chi connectivity index (χ4n) is 0.681. The van der Waals surface area contributed by atoms with Gasteiger partial charge < -0.3 is 0 Å². The molecule has 1 aliphatic heterocycles. The van der Waals surface area contributed by atoms with Crippen molar-refractivity contribution in [3.05, 3.63) is 0 Å². The van der Waals surface area contributed by atoms with Crippen molar-refractivity contribution in [2.24, 2.45) is 4.99 Å². The van der Waals surface area contributed by atoms with Gasteiger partial charge in [-0.25, -0.2) is 0 Å². The van der Waals surface area contributed by atoms with Gasteiger partial charge in [0.25, 0.3) is 0 Å². The summed E-state index contributed by atoms with van der Waals surface area (Å²) in [5, 5.41) is 3.24. The third kappa shape index (κ3) is 0.757. The van der Waals surface area contributed by atoms with E-state index in [0.29, 0.717) is 0 Å². The topological polar surface area (TPSA) is 24.4 Å². The summed E-state index contributed by atoms with van der Waals surface area (Å²) in [5.41, 5.74) is 1.36. The first kappa shape index (κ1) is 5.76. The van der Waals surface area contributed by atoms with E-state index in [1.54, 1.807) is 0 Å². The zero-order valence-corrected chi connectivity index (χ0v) is 5.65. The molecule has 0 saturated carbocycles. The minimum absolute atomic E-state index is 0.153. The van der Waals surface area contributed by atoms with Gasteiger partial charge in [-0.15, -0.1) is 0 Å². The summed E-state index contributed by atoms with van der Waals surface area (Å²) < 4.78 is 0. The molecule has 46 valence electrons. The molecule has 0 bridgehead atoms. The summed E-state index contributed by atoms with van der Waals surface area (Å²) in [6.45, 7) is 7.12. The molecule has 0 aliphatic carbocycles. The highest BCUT2D eigenvalue weighted by molar-refractivity contribution is 5.91. The van der Waals surface area contributed by atoms with E-state index in [1.165, 1.54) is 5.71 Å². The van der Waals surface area contributed by atoms with Gasteiger partial charge in [0.2, 0.25) is 0 Å². The number of rotatable bonds is 0. The normalized spacial score (nSPS) is 25.6. The average molecular weight is 112 g/mol.